The van der Waals surface area contributed by atoms with Gasteiger partial charge in [-0.2, -0.15) is 0 Å². The highest BCUT2D eigenvalue weighted by Gasteiger charge is 2.58. The van der Waals surface area contributed by atoms with Gasteiger partial charge < -0.3 is 15.0 Å². The second-order valence-corrected chi connectivity index (χ2v) is 9.97. The van der Waals surface area contributed by atoms with E-state index in [2.05, 4.69) is 65.6 Å². The minimum Gasteiger partial charge on any atom is -0.496 e. The molecule has 1 aliphatic carbocycles. The maximum absolute atomic E-state index is 12.8. The van der Waals surface area contributed by atoms with Crippen LogP contribution < -0.4 is 10.1 Å². The average molecular weight is 446 g/mol. The van der Waals surface area contributed by atoms with Crippen LogP contribution in [0.15, 0.2) is 42.6 Å². The number of amides is 1. The highest BCUT2D eigenvalue weighted by molar-refractivity contribution is 5.84. The number of aromatic nitrogens is 1. The van der Waals surface area contributed by atoms with Gasteiger partial charge >= 0.3 is 0 Å². The van der Waals surface area contributed by atoms with Gasteiger partial charge in [-0.3, -0.25) is 9.69 Å². The van der Waals surface area contributed by atoms with Crippen molar-refractivity contribution in [2.24, 2.45) is 11.3 Å². The predicted octanol–water partition coefficient (Wildman–Crippen LogP) is 4.75. The van der Waals surface area contributed by atoms with Crippen LogP contribution in [-0.4, -0.2) is 42.5 Å². The molecular formula is C28H35N3O2. The summed E-state index contributed by atoms with van der Waals surface area (Å²) in [5, 5.41) is 4.47. The number of hydrogen-bond acceptors (Lipinski definition) is 3. The molecule has 2 heterocycles. The van der Waals surface area contributed by atoms with Crippen molar-refractivity contribution in [2.75, 3.05) is 26.7 Å². The average Bonchev–Trinajstić information content (AvgIpc) is 3.38. The molecule has 0 radical (unpaired) electrons. The second-order valence-electron chi connectivity index (χ2n) is 9.97. The molecule has 1 spiro atoms. The van der Waals surface area contributed by atoms with E-state index in [9.17, 15) is 4.79 Å². The van der Waals surface area contributed by atoms with Crippen molar-refractivity contribution in [3.63, 3.8) is 0 Å². The quantitative estimate of drug-likeness (QED) is 0.552. The Bertz CT molecular complexity index is 1160. The summed E-state index contributed by atoms with van der Waals surface area (Å²) in [4.78, 5) is 18.7. The number of ether oxygens (including phenoxy) is 1. The number of piperidine rings is 1. The summed E-state index contributed by atoms with van der Waals surface area (Å²) in [5.41, 5.74) is 6.61. The first kappa shape index (κ1) is 22.0. The van der Waals surface area contributed by atoms with E-state index < -0.39 is 0 Å². The Kier molecular flexibility index (Phi) is 5.92. The number of benzene rings is 2. The standard InChI is InChI=1S/C28H35N3O2/c1-19-20(2)26(33-3)9-8-22(19)18-31-14-11-28(12-15-31)16-24(28)27(32)29-13-10-21-17-30-25-7-5-4-6-23(21)25/h4-9,17,24,30H,10-16,18H2,1-3H3,(H,29,32). The molecule has 0 bridgehead atoms. The zero-order valence-electron chi connectivity index (χ0n) is 20.0. The van der Waals surface area contributed by atoms with Gasteiger partial charge in [0.2, 0.25) is 5.91 Å². The van der Waals surface area contributed by atoms with E-state index in [1.54, 1.807) is 7.11 Å². The van der Waals surface area contributed by atoms with Crippen LogP contribution in [0.1, 0.15) is 41.5 Å². The molecule has 1 saturated carbocycles. The maximum Gasteiger partial charge on any atom is 0.223 e. The smallest absolute Gasteiger partial charge is 0.223 e. The molecule has 1 saturated heterocycles. The third-order valence-corrected chi connectivity index (χ3v) is 8.19. The summed E-state index contributed by atoms with van der Waals surface area (Å²) in [7, 11) is 1.73. The number of nitrogens with zero attached hydrogens (tertiary/aromatic N) is 1. The SMILES string of the molecule is COc1ccc(CN2CCC3(CC2)CC3C(=O)NCCc2c[nH]c3ccccc23)c(C)c1C. The fourth-order valence-electron chi connectivity index (χ4n) is 5.69. The molecule has 5 heteroatoms. The van der Waals surface area contributed by atoms with Crippen molar-refractivity contribution < 1.29 is 9.53 Å². The van der Waals surface area contributed by atoms with Crippen molar-refractivity contribution in [3.05, 3.63) is 64.8 Å². The fourth-order valence-corrected chi connectivity index (χ4v) is 5.69. The lowest BCUT2D eigenvalue weighted by Crippen LogP contribution is -2.37. The Labute approximate surface area is 196 Å². The minimum atomic E-state index is 0.201. The lowest BCUT2D eigenvalue weighted by molar-refractivity contribution is -0.123. The molecule has 174 valence electrons. The van der Waals surface area contributed by atoms with Crippen molar-refractivity contribution in [2.45, 2.75) is 46.1 Å². The topological polar surface area (TPSA) is 57.4 Å². The highest BCUT2D eigenvalue weighted by atomic mass is 16.5. The van der Waals surface area contributed by atoms with Crippen LogP contribution in [0, 0.1) is 25.2 Å². The number of carbonyl (C=O) groups excluding carboxylic acids is 1. The highest BCUT2D eigenvalue weighted by Crippen LogP contribution is 2.59. The van der Waals surface area contributed by atoms with Gasteiger partial charge in [-0.15, -0.1) is 0 Å². The summed E-state index contributed by atoms with van der Waals surface area (Å²) in [6.45, 7) is 8.15. The monoisotopic (exact) mass is 445 g/mol. The van der Waals surface area contributed by atoms with Gasteiger partial charge in [-0.25, -0.2) is 0 Å². The van der Waals surface area contributed by atoms with E-state index in [0.717, 1.165) is 56.6 Å². The molecule has 33 heavy (non-hydrogen) atoms. The number of methoxy groups -OCH3 is 1. The third kappa shape index (κ3) is 4.26. The van der Waals surface area contributed by atoms with Crippen molar-refractivity contribution in [3.8, 4) is 5.75 Å². The Hall–Kier alpha value is -2.79. The third-order valence-electron chi connectivity index (χ3n) is 8.19. The number of rotatable bonds is 7. The maximum atomic E-state index is 12.8. The van der Waals surface area contributed by atoms with Gasteiger partial charge in [0.05, 0.1) is 7.11 Å². The minimum absolute atomic E-state index is 0.201. The van der Waals surface area contributed by atoms with Crippen molar-refractivity contribution in [1.29, 1.82) is 0 Å². The van der Waals surface area contributed by atoms with Gasteiger partial charge in [0.25, 0.3) is 0 Å². The lowest BCUT2D eigenvalue weighted by atomic mass is 9.90. The first-order chi connectivity index (χ1) is 16.0. The Morgan fingerprint density at radius 2 is 1.91 bits per heavy atom. The molecule has 2 aliphatic rings. The number of hydrogen-bond donors (Lipinski definition) is 2. The van der Waals surface area contributed by atoms with Gasteiger partial charge in [0, 0.05) is 36.1 Å². The summed E-state index contributed by atoms with van der Waals surface area (Å²) < 4.78 is 5.46. The van der Waals surface area contributed by atoms with E-state index in [0.29, 0.717) is 6.54 Å². The molecule has 2 N–H and O–H groups in total. The van der Waals surface area contributed by atoms with Crippen LogP contribution in [0.5, 0.6) is 5.75 Å². The Morgan fingerprint density at radius 3 is 2.70 bits per heavy atom. The summed E-state index contributed by atoms with van der Waals surface area (Å²) in [5.74, 6) is 1.42. The summed E-state index contributed by atoms with van der Waals surface area (Å²) >= 11 is 0. The molecule has 1 aromatic heterocycles. The lowest BCUT2D eigenvalue weighted by Gasteiger charge is -2.33. The normalized spacial score (nSPS) is 19.7. The largest absolute Gasteiger partial charge is 0.496 e. The van der Waals surface area contributed by atoms with Crippen LogP contribution in [0.2, 0.25) is 0 Å². The summed E-state index contributed by atoms with van der Waals surface area (Å²) in [6, 6.07) is 12.6. The molecule has 1 atom stereocenters. The second kappa shape index (κ2) is 8.86. The zero-order valence-corrected chi connectivity index (χ0v) is 20.0. The number of fused-ring (bicyclic) bond motifs is 1. The first-order valence-electron chi connectivity index (χ1n) is 12.2. The molecule has 2 fully saturated rings. The molecule has 5 rings (SSSR count). The fraction of sp³-hybridized carbons (Fsp3) is 0.464. The predicted molar refractivity (Wildman–Crippen MR) is 133 cm³/mol. The Morgan fingerprint density at radius 1 is 1.12 bits per heavy atom. The van der Waals surface area contributed by atoms with Crippen molar-refractivity contribution in [1.82, 2.24) is 15.2 Å². The number of nitrogens with one attached hydrogen (secondary N) is 2. The van der Waals surface area contributed by atoms with Crippen LogP contribution in [0.4, 0.5) is 0 Å². The van der Waals surface area contributed by atoms with Crippen LogP contribution >= 0.6 is 0 Å². The molecular weight excluding hydrogens is 410 g/mol. The van der Waals surface area contributed by atoms with Crippen LogP contribution in [0.3, 0.4) is 0 Å². The zero-order chi connectivity index (χ0) is 23.0. The van der Waals surface area contributed by atoms with Gasteiger partial charge in [0.1, 0.15) is 5.75 Å². The molecule has 1 amide bonds. The molecule has 2 aromatic carbocycles. The van der Waals surface area contributed by atoms with E-state index in [4.69, 9.17) is 4.74 Å². The van der Waals surface area contributed by atoms with E-state index >= 15 is 0 Å². The van der Waals surface area contributed by atoms with E-state index in [1.807, 2.05) is 6.07 Å². The molecule has 3 aromatic rings. The summed E-state index contributed by atoms with van der Waals surface area (Å²) in [6.07, 6.45) is 6.24. The van der Waals surface area contributed by atoms with Crippen LogP contribution in [-0.2, 0) is 17.8 Å². The molecule has 5 nitrogen and oxygen atoms in total. The molecule has 1 unspecified atom stereocenters. The number of para-hydroxylation sites is 1. The molecule has 1 aliphatic heterocycles. The number of aromatic amines is 1. The van der Waals surface area contributed by atoms with E-state index in [1.165, 1.54) is 27.6 Å². The number of carbonyl (C=O) groups is 1. The van der Waals surface area contributed by atoms with Crippen molar-refractivity contribution >= 4 is 16.8 Å². The number of likely N-dealkylation sites (tertiary alicyclic amines) is 1. The number of H-pyrrole nitrogens is 1. The van der Waals surface area contributed by atoms with Gasteiger partial charge in [0.15, 0.2) is 0 Å². The van der Waals surface area contributed by atoms with Crippen LogP contribution in [0.25, 0.3) is 10.9 Å². The van der Waals surface area contributed by atoms with Gasteiger partial charge in [-0.05, 0) is 92.4 Å². The first-order valence-corrected chi connectivity index (χ1v) is 12.2. The van der Waals surface area contributed by atoms with E-state index in [-0.39, 0.29) is 17.2 Å². The Balaban J connectivity index is 1.10. The van der Waals surface area contributed by atoms with Gasteiger partial charge in [-0.1, -0.05) is 24.3 Å².